The lowest BCUT2D eigenvalue weighted by Crippen LogP contribution is -2.39. The fourth-order valence-corrected chi connectivity index (χ4v) is 2.51. The van der Waals surface area contributed by atoms with Gasteiger partial charge in [-0.1, -0.05) is 12.1 Å². The van der Waals surface area contributed by atoms with Crippen LogP contribution in [0.15, 0.2) is 30.5 Å². The second-order valence-corrected chi connectivity index (χ2v) is 4.89. The Balaban J connectivity index is 1.85. The predicted molar refractivity (Wildman–Crippen MR) is 70.9 cm³/mol. The van der Waals surface area contributed by atoms with Crippen molar-refractivity contribution in [2.45, 2.75) is 25.4 Å². The van der Waals surface area contributed by atoms with E-state index >= 15 is 0 Å². The summed E-state index contributed by atoms with van der Waals surface area (Å²) < 4.78 is 15.2. The summed E-state index contributed by atoms with van der Waals surface area (Å²) in [6.07, 6.45) is 2.17. The highest BCUT2D eigenvalue weighted by Gasteiger charge is 2.22. The van der Waals surface area contributed by atoms with Crippen LogP contribution in [0.5, 0.6) is 0 Å². The molecule has 6 heteroatoms. The van der Waals surface area contributed by atoms with Gasteiger partial charge in [0.15, 0.2) is 0 Å². The SMILES string of the molecule is O=C(O)NC1CCn2cc(-c3cccc(F)c3)nc2C1. The predicted octanol–water partition coefficient (Wildman–Crippen LogP) is 2.27. The van der Waals surface area contributed by atoms with Crippen LogP contribution in [0.3, 0.4) is 0 Å². The van der Waals surface area contributed by atoms with Gasteiger partial charge < -0.3 is 15.0 Å². The number of hydrogen-bond donors (Lipinski definition) is 2. The Morgan fingerprint density at radius 3 is 3.10 bits per heavy atom. The minimum atomic E-state index is -1.01. The van der Waals surface area contributed by atoms with E-state index in [4.69, 9.17) is 5.11 Å². The summed E-state index contributed by atoms with van der Waals surface area (Å²) in [6, 6.07) is 6.19. The van der Waals surface area contributed by atoms with Crippen molar-refractivity contribution in [3.05, 3.63) is 42.1 Å². The van der Waals surface area contributed by atoms with Crippen LogP contribution in [0.2, 0.25) is 0 Å². The number of rotatable bonds is 2. The zero-order valence-electron chi connectivity index (χ0n) is 10.7. The number of carbonyl (C=O) groups is 1. The number of nitrogens with one attached hydrogen (secondary N) is 1. The van der Waals surface area contributed by atoms with Gasteiger partial charge in [0.05, 0.1) is 5.69 Å². The molecule has 20 heavy (non-hydrogen) atoms. The second kappa shape index (κ2) is 4.96. The molecule has 0 bridgehead atoms. The number of hydrogen-bond acceptors (Lipinski definition) is 2. The van der Waals surface area contributed by atoms with Crippen molar-refractivity contribution >= 4 is 6.09 Å². The largest absolute Gasteiger partial charge is 0.465 e. The Labute approximate surface area is 115 Å². The first kappa shape index (κ1) is 12.7. The summed E-state index contributed by atoms with van der Waals surface area (Å²) >= 11 is 0. The van der Waals surface area contributed by atoms with E-state index in [-0.39, 0.29) is 11.9 Å². The van der Waals surface area contributed by atoms with Crippen molar-refractivity contribution in [2.75, 3.05) is 0 Å². The molecule has 1 aromatic carbocycles. The smallest absolute Gasteiger partial charge is 0.404 e. The molecule has 1 aromatic heterocycles. The van der Waals surface area contributed by atoms with Crippen LogP contribution in [0, 0.1) is 5.82 Å². The van der Waals surface area contributed by atoms with E-state index in [2.05, 4.69) is 10.3 Å². The molecule has 2 N–H and O–H groups in total. The maximum absolute atomic E-state index is 13.2. The Hall–Kier alpha value is -2.37. The van der Waals surface area contributed by atoms with E-state index in [1.807, 2.05) is 16.8 Å². The minimum absolute atomic E-state index is 0.109. The molecule has 0 saturated carbocycles. The zero-order valence-corrected chi connectivity index (χ0v) is 10.7. The molecule has 1 unspecified atom stereocenters. The Morgan fingerprint density at radius 2 is 2.35 bits per heavy atom. The third-order valence-electron chi connectivity index (χ3n) is 3.45. The highest BCUT2D eigenvalue weighted by molar-refractivity contribution is 5.65. The number of nitrogens with zero attached hydrogens (tertiary/aromatic N) is 2. The Kier molecular flexibility index (Phi) is 3.14. The van der Waals surface area contributed by atoms with Crippen molar-refractivity contribution in [2.24, 2.45) is 0 Å². The van der Waals surface area contributed by atoms with Gasteiger partial charge in [0, 0.05) is 30.8 Å². The number of imidazole rings is 1. The molecule has 1 aliphatic heterocycles. The summed E-state index contributed by atoms with van der Waals surface area (Å²) in [5.74, 6) is 0.535. The number of amides is 1. The average molecular weight is 275 g/mol. The van der Waals surface area contributed by atoms with Gasteiger partial charge in [0.1, 0.15) is 11.6 Å². The van der Waals surface area contributed by atoms with Crippen LogP contribution in [0.1, 0.15) is 12.2 Å². The third kappa shape index (κ3) is 2.49. The second-order valence-electron chi connectivity index (χ2n) is 4.89. The van der Waals surface area contributed by atoms with E-state index in [0.717, 1.165) is 23.5 Å². The molecule has 1 atom stereocenters. The Bertz CT molecular complexity index is 654. The van der Waals surface area contributed by atoms with Gasteiger partial charge in [0.25, 0.3) is 0 Å². The molecule has 2 aromatic rings. The first-order valence-electron chi connectivity index (χ1n) is 6.43. The van der Waals surface area contributed by atoms with Gasteiger partial charge in [-0.15, -0.1) is 0 Å². The molecule has 1 amide bonds. The number of halogens is 1. The molecule has 3 rings (SSSR count). The maximum atomic E-state index is 13.2. The number of fused-ring (bicyclic) bond motifs is 1. The summed E-state index contributed by atoms with van der Waals surface area (Å²) in [4.78, 5) is 15.1. The monoisotopic (exact) mass is 275 g/mol. The van der Waals surface area contributed by atoms with Crippen molar-refractivity contribution in [3.63, 3.8) is 0 Å². The van der Waals surface area contributed by atoms with Gasteiger partial charge in [-0.3, -0.25) is 0 Å². The number of aromatic nitrogens is 2. The first-order valence-corrected chi connectivity index (χ1v) is 6.43. The van der Waals surface area contributed by atoms with Crippen LogP contribution >= 0.6 is 0 Å². The van der Waals surface area contributed by atoms with E-state index < -0.39 is 6.09 Å². The fraction of sp³-hybridized carbons (Fsp3) is 0.286. The topological polar surface area (TPSA) is 67.2 Å². The van der Waals surface area contributed by atoms with Crippen LogP contribution < -0.4 is 5.32 Å². The molecule has 0 fully saturated rings. The van der Waals surface area contributed by atoms with Crippen molar-refractivity contribution < 1.29 is 14.3 Å². The van der Waals surface area contributed by atoms with E-state index in [9.17, 15) is 9.18 Å². The van der Waals surface area contributed by atoms with Crippen molar-refractivity contribution in [3.8, 4) is 11.3 Å². The van der Waals surface area contributed by atoms with Gasteiger partial charge in [-0.2, -0.15) is 0 Å². The van der Waals surface area contributed by atoms with E-state index in [1.165, 1.54) is 12.1 Å². The van der Waals surface area contributed by atoms with Gasteiger partial charge >= 0.3 is 6.09 Å². The van der Waals surface area contributed by atoms with E-state index in [1.54, 1.807) is 6.07 Å². The quantitative estimate of drug-likeness (QED) is 0.883. The molecule has 104 valence electrons. The van der Waals surface area contributed by atoms with Crippen molar-refractivity contribution in [1.82, 2.24) is 14.9 Å². The zero-order chi connectivity index (χ0) is 14.1. The molecule has 5 nitrogen and oxygen atoms in total. The van der Waals surface area contributed by atoms with Crippen LogP contribution in [0.25, 0.3) is 11.3 Å². The standard InChI is InChI=1S/C14H14FN3O2/c15-10-3-1-2-9(6-10)12-8-18-5-4-11(16-14(19)20)7-13(18)17-12/h1-3,6,8,11,16H,4-5,7H2,(H,19,20). The molecule has 1 aliphatic rings. The van der Waals surface area contributed by atoms with Crippen LogP contribution in [0.4, 0.5) is 9.18 Å². The van der Waals surface area contributed by atoms with E-state index in [0.29, 0.717) is 13.0 Å². The normalized spacial score (nSPS) is 17.6. The lowest BCUT2D eigenvalue weighted by Gasteiger charge is -2.22. The van der Waals surface area contributed by atoms with Gasteiger partial charge in [0.2, 0.25) is 0 Å². The third-order valence-corrected chi connectivity index (χ3v) is 3.45. The molecule has 0 spiro atoms. The molecule has 0 aliphatic carbocycles. The molecule has 0 radical (unpaired) electrons. The maximum Gasteiger partial charge on any atom is 0.404 e. The van der Waals surface area contributed by atoms with Crippen LogP contribution in [-0.2, 0) is 13.0 Å². The molecule has 2 heterocycles. The van der Waals surface area contributed by atoms with Gasteiger partial charge in [-0.05, 0) is 18.6 Å². The highest BCUT2D eigenvalue weighted by atomic mass is 19.1. The summed E-state index contributed by atoms with van der Waals surface area (Å²) in [5, 5.41) is 11.2. The number of benzene rings is 1. The lowest BCUT2D eigenvalue weighted by atomic mass is 10.1. The first-order chi connectivity index (χ1) is 9.61. The minimum Gasteiger partial charge on any atom is -0.465 e. The average Bonchev–Trinajstić information content (AvgIpc) is 2.81. The Morgan fingerprint density at radius 1 is 1.50 bits per heavy atom. The number of aryl methyl sites for hydroxylation is 1. The fourth-order valence-electron chi connectivity index (χ4n) is 2.51. The summed E-state index contributed by atoms with van der Waals surface area (Å²) in [5.41, 5.74) is 1.45. The lowest BCUT2D eigenvalue weighted by molar-refractivity contribution is 0.187. The highest BCUT2D eigenvalue weighted by Crippen LogP contribution is 2.23. The molecular formula is C14H14FN3O2. The summed E-state index contributed by atoms with van der Waals surface area (Å²) in [7, 11) is 0. The molecular weight excluding hydrogens is 261 g/mol. The number of carboxylic acid groups (broad SMARTS) is 1. The summed E-state index contributed by atoms with van der Waals surface area (Å²) in [6.45, 7) is 0.711. The van der Waals surface area contributed by atoms with Crippen LogP contribution in [-0.4, -0.2) is 26.8 Å². The van der Waals surface area contributed by atoms with Crippen molar-refractivity contribution in [1.29, 1.82) is 0 Å². The van der Waals surface area contributed by atoms with Gasteiger partial charge in [-0.25, -0.2) is 14.2 Å². The molecule has 0 saturated heterocycles.